The fourth-order valence-electron chi connectivity index (χ4n) is 7.13. The van der Waals surface area contributed by atoms with Gasteiger partial charge in [0, 0.05) is 65.4 Å². The molecule has 0 aromatic carbocycles. The Labute approximate surface area is 458 Å². The Balaban J connectivity index is 6.61. The van der Waals surface area contributed by atoms with Crippen molar-refractivity contribution < 1.29 is 69.8 Å². The maximum absolute atomic E-state index is 14.1. The molecule has 0 aromatic rings. The van der Waals surface area contributed by atoms with Gasteiger partial charge in [-0.2, -0.15) is 8.42 Å². The normalized spacial score (nSPS) is 12.6. The summed E-state index contributed by atoms with van der Waals surface area (Å²) in [7, 11) is -3.57. The Bertz CT molecular complexity index is 1750. The molecule has 0 bridgehead atoms. The molecule has 0 fully saturated rings. The Morgan fingerprint density at radius 2 is 0.658 bits per heavy atom. The van der Waals surface area contributed by atoms with Gasteiger partial charge in [-0.05, 0) is 182 Å². The van der Waals surface area contributed by atoms with E-state index in [9.17, 15) is 37.2 Å². The number of amides is 6. The number of carbonyl (C=O) groups excluding carboxylic acids is 6. The molecule has 0 radical (unpaired) electrons. The van der Waals surface area contributed by atoms with Crippen LogP contribution in [0.5, 0.6) is 0 Å². The Morgan fingerprint density at radius 3 is 0.961 bits per heavy atom. The van der Waals surface area contributed by atoms with Crippen LogP contribution in [0, 0.1) is 5.92 Å². The summed E-state index contributed by atoms with van der Waals surface area (Å²) in [6, 6.07) is 0. The number of rotatable bonds is 30. The highest BCUT2D eigenvalue weighted by Gasteiger charge is 2.30. The Hall–Kier alpha value is -4.47. The first-order valence-corrected chi connectivity index (χ1v) is 29.0. The molecular formula is C54H104N6O15S. The average molecular weight is 1110 g/mol. The third kappa shape index (κ3) is 41.7. The van der Waals surface area contributed by atoms with Crippen molar-refractivity contribution in [2.45, 2.75) is 229 Å². The highest BCUT2D eigenvalue weighted by Crippen LogP contribution is 2.22. The topological polar surface area (TPSA) is 238 Å². The molecule has 0 aromatic heterocycles. The van der Waals surface area contributed by atoms with Gasteiger partial charge in [0.1, 0.15) is 33.6 Å². The van der Waals surface area contributed by atoms with Crippen LogP contribution in [0.2, 0.25) is 0 Å². The maximum Gasteiger partial charge on any atom is 0.410 e. The van der Waals surface area contributed by atoms with E-state index in [0.717, 1.165) is 12.7 Å². The van der Waals surface area contributed by atoms with Crippen molar-refractivity contribution in [1.82, 2.24) is 30.2 Å². The van der Waals surface area contributed by atoms with Crippen LogP contribution in [0.25, 0.3) is 0 Å². The minimum Gasteiger partial charge on any atom is -0.444 e. The largest absolute Gasteiger partial charge is 0.444 e. The van der Waals surface area contributed by atoms with Gasteiger partial charge >= 0.3 is 36.6 Å². The molecule has 0 atom stereocenters. The molecule has 0 aliphatic rings. The van der Waals surface area contributed by atoms with Crippen LogP contribution in [0.1, 0.15) is 195 Å². The first kappa shape index (κ1) is 71.5. The zero-order valence-electron chi connectivity index (χ0n) is 50.5. The molecule has 446 valence electrons. The van der Waals surface area contributed by atoms with Crippen LogP contribution in [-0.2, 0) is 42.7 Å². The van der Waals surface area contributed by atoms with E-state index in [0.29, 0.717) is 90.4 Å². The molecule has 0 saturated heterocycles. The van der Waals surface area contributed by atoms with Gasteiger partial charge in [0.15, 0.2) is 0 Å². The van der Waals surface area contributed by atoms with Gasteiger partial charge in [0.05, 0.1) is 12.9 Å². The summed E-state index contributed by atoms with van der Waals surface area (Å²) in [6.45, 7) is 35.0. The van der Waals surface area contributed by atoms with E-state index in [1.54, 1.807) is 144 Å². The van der Waals surface area contributed by atoms with Gasteiger partial charge in [-0.3, -0.25) is 4.18 Å². The van der Waals surface area contributed by atoms with Crippen molar-refractivity contribution in [3.63, 3.8) is 0 Å². The number of nitrogens with one attached hydrogen (secondary N) is 2. The number of alkyl carbamates (subject to hydrolysis) is 2. The van der Waals surface area contributed by atoms with Crippen LogP contribution < -0.4 is 10.6 Å². The molecule has 0 heterocycles. The molecular weight excluding hydrogens is 1000 g/mol. The molecule has 6 amide bonds. The molecule has 0 aliphatic heterocycles. The van der Waals surface area contributed by atoms with E-state index in [4.69, 9.17) is 32.6 Å². The summed E-state index contributed by atoms with van der Waals surface area (Å²) in [4.78, 5) is 86.0. The monoisotopic (exact) mass is 1110 g/mol. The van der Waals surface area contributed by atoms with Crippen LogP contribution in [0.15, 0.2) is 0 Å². The highest BCUT2D eigenvalue weighted by atomic mass is 32.2. The van der Waals surface area contributed by atoms with Gasteiger partial charge < -0.3 is 58.7 Å². The van der Waals surface area contributed by atoms with Crippen LogP contribution in [-0.4, -0.2) is 176 Å². The predicted octanol–water partition coefficient (Wildman–Crippen LogP) is 10.9. The van der Waals surface area contributed by atoms with Crippen LogP contribution in [0.3, 0.4) is 0 Å². The quantitative estimate of drug-likeness (QED) is 0.0386. The molecule has 0 aliphatic carbocycles. The van der Waals surface area contributed by atoms with Crippen LogP contribution in [0.4, 0.5) is 28.8 Å². The average Bonchev–Trinajstić information content (AvgIpc) is 3.19. The second-order valence-corrected chi connectivity index (χ2v) is 27.0. The third-order valence-corrected chi connectivity index (χ3v) is 10.7. The van der Waals surface area contributed by atoms with Gasteiger partial charge in [0.25, 0.3) is 10.1 Å². The van der Waals surface area contributed by atoms with Crippen molar-refractivity contribution in [2.24, 2.45) is 5.92 Å². The van der Waals surface area contributed by atoms with E-state index >= 15 is 0 Å². The van der Waals surface area contributed by atoms with Gasteiger partial charge in [0.2, 0.25) is 0 Å². The third-order valence-electron chi connectivity index (χ3n) is 10.1. The van der Waals surface area contributed by atoms with Gasteiger partial charge in [-0.25, -0.2) is 28.8 Å². The predicted molar refractivity (Wildman–Crippen MR) is 295 cm³/mol. The zero-order chi connectivity index (χ0) is 58.8. The molecule has 0 unspecified atom stereocenters. The minimum atomic E-state index is -3.57. The number of unbranched alkanes of at least 4 members (excludes halogenated alkanes) is 5. The van der Waals surface area contributed by atoms with E-state index < -0.39 is 80.3 Å². The summed E-state index contributed by atoms with van der Waals surface area (Å²) in [5.74, 6) is -0.265. The van der Waals surface area contributed by atoms with Crippen LogP contribution >= 0.6 is 0 Å². The molecule has 76 heavy (non-hydrogen) atoms. The van der Waals surface area contributed by atoms with E-state index in [-0.39, 0.29) is 51.8 Å². The van der Waals surface area contributed by atoms with Crippen molar-refractivity contribution in [3.8, 4) is 0 Å². The maximum atomic E-state index is 14.1. The van der Waals surface area contributed by atoms with Crippen molar-refractivity contribution in [2.75, 3.05) is 78.3 Å². The van der Waals surface area contributed by atoms with Crippen molar-refractivity contribution in [3.05, 3.63) is 0 Å². The van der Waals surface area contributed by atoms with Crippen molar-refractivity contribution in [1.29, 1.82) is 0 Å². The van der Waals surface area contributed by atoms with Gasteiger partial charge in [-0.15, -0.1) is 0 Å². The number of hydrogen-bond acceptors (Lipinski definition) is 15. The standard InChI is InChI=1S/C54H104N6O15S/c1-49(2,3)70-43(61)55-31-28-37-57(45(63)72-51(7,8)9)33-23-25-35-59(47(65)74-53(13,14)15)40-42(30-22-20-21-27-39-69-76(19,67)68)41-60(48(66)75-54(16,17)18)36-26-24-34-58(46(64)73-52(10,11)12)38-29-32-56-44(62)71-50(4,5)6/h42H,20-41H2,1-19H3,(H,55,61)(H,56,62). The second kappa shape index (κ2) is 33.1. The summed E-state index contributed by atoms with van der Waals surface area (Å²) in [5, 5.41) is 5.46. The fraction of sp³-hybridized carbons (Fsp3) is 0.889. The first-order valence-electron chi connectivity index (χ1n) is 27.2. The van der Waals surface area contributed by atoms with Crippen molar-refractivity contribution >= 4 is 46.7 Å². The summed E-state index contributed by atoms with van der Waals surface area (Å²) < 4.78 is 62.0. The number of nitrogens with zero attached hydrogens (tertiary/aromatic N) is 4. The summed E-state index contributed by atoms with van der Waals surface area (Å²) >= 11 is 0. The zero-order valence-corrected chi connectivity index (χ0v) is 51.3. The van der Waals surface area contributed by atoms with E-state index in [1.165, 1.54) is 0 Å². The minimum absolute atomic E-state index is 0.0732. The summed E-state index contributed by atoms with van der Waals surface area (Å²) in [6.07, 6.45) is 4.02. The lowest BCUT2D eigenvalue weighted by Gasteiger charge is -2.34. The number of carbonyl (C=O) groups is 6. The molecule has 0 saturated carbocycles. The smallest absolute Gasteiger partial charge is 0.410 e. The van der Waals surface area contributed by atoms with Gasteiger partial charge in [-0.1, -0.05) is 19.3 Å². The molecule has 2 N–H and O–H groups in total. The Morgan fingerprint density at radius 1 is 0.382 bits per heavy atom. The molecule has 22 heteroatoms. The Kier molecular flexibility index (Phi) is 31.1. The fourth-order valence-corrected chi connectivity index (χ4v) is 7.55. The molecule has 21 nitrogen and oxygen atoms in total. The van der Waals surface area contributed by atoms with E-state index in [1.807, 2.05) is 0 Å². The lowest BCUT2D eigenvalue weighted by molar-refractivity contribution is 0.0117. The summed E-state index contributed by atoms with van der Waals surface area (Å²) in [5.41, 5.74) is -4.43. The molecule has 0 rings (SSSR count). The van der Waals surface area contributed by atoms with E-state index in [2.05, 4.69) is 10.6 Å². The number of ether oxygens (including phenoxy) is 6. The lowest BCUT2D eigenvalue weighted by atomic mass is 9.99. The number of hydrogen-bond donors (Lipinski definition) is 2. The highest BCUT2D eigenvalue weighted by molar-refractivity contribution is 7.85. The molecule has 0 spiro atoms. The first-order chi connectivity index (χ1) is 34.5. The lowest BCUT2D eigenvalue weighted by Crippen LogP contribution is -2.45. The SMILES string of the molecule is CC(C)(C)OC(=O)NCCCN(CCCCN(CC(CCCCCCOS(C)(=O)=O)CN(CCCCN(CCCNC(=O)OC(C)(C)C)C(=O)OC(C)(C)C)C(=O)OC(C)(C)C)C(=O)OC(C)(C)C)C(=O)OC(C)(C)C. The second-order valence-electron chi connectivity index (χ2n) is 25.4.